The maximum atomic E-state index is 13.8. The minimum Gasteiger partial charge on any atom is -0.350 e. The van der Waals surface area contributed by atoms with Gasteiger partial charge in [-0.15, -0.1) is 0 Å². The van der Waals surface area contributed by atoms with Crippen molar-refractivity contribution in [2.24, 2.45) is 4.99 Å². The van der Waals surface area contributed by atoms with Gasteiger partial charge >= 0.3 is 0 Å². The summed E-state index contributed by atoms with van der Waals surface area (Å²) in [4.78, 5) is 22.4. The molecule has 0 bridgehead atoms. The third-order valence-corrected chi connectivity index (χ3v) is 4.54. The molecule has 0 aliphatic rings. The molecule has 1 heterocycles. The van der Waals surface area contributed by atoms with Crippen LogP contribution in [0.2, 0.25) is 0 Å². The van der Waals surface area contributed by atoms with Crippen LogP contribution in [0.25, 0.3) is 0 Å². The molecule has 2 aromatic rings. The van der Waals surface area contributed by atoms with E-state index in [0.29, 0.717) is 24.5 Å². The smallest absolute Gasteiger partial charge is 0.241 e. The van der Waals surface area contributed by atoms with Crippen molar-refractivity contribution < 1.29 is 9.18 Å². The van der Waals surface area contributed by atoms with Crippen LogP contribution < -0.4 is 10.6 Å². The number of pyridine rings is 1. The van der Waals surface area contributed by atoms with E-state index >= 15 is 0 Å². The maximum absolute atomic E-state index is 13.8. The van der Waals surface area contributed by atoms with E-state index in [-0.39, 0.29) is 24.3 Å². The van der Waals surface area contributed by atoms with E-state index in [4.69, 9.17) is 0 Å². The summed E-state index contributed by atoms with van der Waals surface area (Å²) in [5, 5.41) is 6.19. The van der Waals surface area contributed by atoms with Crippen LogP contribution in [0.4, 0.5) is 4.39 Å². The van der Waals surface area contributed by atoms with Crippen LogP contribution in [0.3, 0.4) is 0 Å². The van der Waals surface area contributed by atoms with Crippen molar-refractivity contribution >= 4 is 11.9 Å². The highest BCUT2D eigenvalue weighted by molar-refractivity contribution is 5.86. The van der Waals surface area contributed by atoms with Crippen LogP contribution in [-0.2, 0) is 11.2 Å². The zero-order chi connectivity index (χ0) is 20.5. The Morgan fingerprint density at radius 1 is 1.32 bits per heavy atom. The molecule has 0 fully saturated rings. The van der Waals surface area contributed by atoms with Crippen LogP contribution >= 0.6 is 0 Å². The molecule has 0 saturated carbocycles. The summed E-state index contributed by atoms with van der Waals surface area (Å²) < 4.78 is 13.8. The average Bonchev–Trinajstić information content (AvgIpc) is 2.71. The molecule has 0 spiro atoms. The van der Waals surface area contributed by atoms with Crippen molar-refractivity contribution in [1.82, 2.24) is 20.5 Å². The van der Waals surface area contributed by atoms with Gasteiger partial charge in [0.15, 0.2) is 5.96 Å². The van der Waals surface area contributed by atoms with E-state index in [1.54, 1.807) is 38.2 Å². The van der Waals surface area contributed by atoms with Gasteiger partial charge < -0.3 is 15.5 Å². The Morgan fingerprint density at radius 2 is 2.11 bits per heavy atom. The van der Waals surface area contributed by atoms with Crippen LogP contribution in [0.5, 0.6) is 0 Å². The fraction of sp³-hybridized carbons (Fsp3) is 0.381. The van der Waals surface area contributed by atoms with Gasteiger partial charge in [-0.3, -0.25) is 14.8 Å². The largest absolute Gasteiger partial charge is 0.350 e. The minimum absolute atomic E-state index is 0.0482. The van der Waals surface area contributed by atoms with Crippen LogP contribution in [-0.4, -0.2) is 48.9 Å². The molecule has 1 amide bonds. The zero-order valence-corrected chi connectivity index (χ0v) is 16.9. The van der Waals surface area contributed by atoms with Crippen LogP contribution in [0.15, 0.2) is 47.6 Å². The number of aromatic nitrogens is 1. The lowest BCUT2D eigenvalue weighted by Gasteiger charge is -2.21. The molecule has 28 heavy (non-hydrogen) atoms. The van der Waals surface area contributed by atoms with Crippen molar-refractivity contribution in [2.75, 3.05) is 27.2 Å². The number of benzene rings is 1. The SMILES string of the molecule is CN=C(NCC(=O)N(C)CCc1ccccn1)NC(C)c1ccc(C)c(F)c1. The molecule has 0 aliphatic heterocycles. The van der Waals surface area contributed by atoms with E-state index < -0.39 is 0 Å². The normalized spacial score (nSPS) is 12.4. The van der Waals surface area contributed by atoms with E-state index in [1.165, 1.54) is 6.07 Å². The molecule has 7 heteroatoms. The number of guanidine groups is 1. The number of halogens is 1. The lowest BCUT2D eigenvalue weighted by Crippen LogP contribution is -2.44. The summed E-state index contributed by atoms with van der Waals surface area (Å²) in [6.07, 6.45) is 2.45. The van der Waals surface area contributed by atoms with Gasteiger partial charge in [-0.05, 0) is 43.2 Å². The van der Waals surface area contributed by atoms with Crippen molar-refractivity contribution in [3.8, 4) is 0 Å². The lowest BCUT2D eigenvalue weighted by atomic mass is 10.1. The van der Waals surface area contributed by atoms with Gasteiger partial charge in [0.25, 0.3) is 0 Å². The Bertz CT molecular complexity index is 810. The zero-order valence-electron chi connectivity index (χ0n) is 16.9. The number of hydrogen-bond donors (Lipinski definition) is 2. The van der Waals surface area contributed by atoms with E-state index in [1.807, 2.05) is 31.2 Å². The first-order valence-corrected chi connectivity index (χ1v) is 9.27. The lowest BCUT2D eigenvalue weighted by molar-refractivity contribution is -0.128. The molecule has 0 radical (unpaired) electrons. The predicted molar refractivity (Wildman–Crippen MR) is 110 cm³/mol. The topological polar surface area (TPSA) is 69.6 Å². The van der Waals surface area contributed by atoms with Gasteiger partial charge in [0.05, 0.1) is 12.6 Å². The Morgan fingerprint density at radius 3 is 2.75 bits per heavy atom. The molecular formula is C21H28FN5O. The number of hydrogen-bond acceptors (Lipinski definition) is 3. The van der Waals surface area contributed by atoms with E-state index in [9.17, 15) is 9.18 Å². The number of carbonyl (C=O) groups is 1. The number of carbonyl (C=O) groups excluding carboxylic acids is 1. The summed E-state index contributed by atoms with van der Waals surface area (Å²) in [7, 11) is 3.40. The molecule has 150 valence electrons. The van der Waals surface area contributed by atoms with Crippen molar-refractivity contribution in [3.05, 3.63) is 65.2 Å². The highest BCUT2D eigenvalue weighted by atomic mass is 19.1. The third-order valence-electron chi connectivity index (χ3n) is 4.54. The van der Waals surface area contributed by atoms with Gasteiger partial charge in [-0.2, -0.15) is 0 Å². The Kier molecular flexibility index (Phi) is 7.92. The minimum atomic E-state index is -0.237. The van der Waals surface area contributed by atoms with Gasteiger partial charge in [0.1, 0.15) is 5.82 Å². The highest BCUT2D eigenvalue weighted by Gasteiger charge is 2.13. The number of nitrogens with one attached hydrogen (secondary N) is 2. The molecule has 1 aromatic carbocycles. The molecular weight excluding hydrogens is 357 g/mol. The summed E-state index contributed by atoms with van der Waals surface area (Å²) in [5.41, 5.74) is 2.37. The second-order valence-electron chi connectivity index (χ2n) is 6.69. The Labute approximate surface area is 165 Å². The maximum Gasteiger partial charge on any atom is 0.241 e. The fourth-order valence-electron chi connectivity index (χ4n) is 2.61. The number of nitrogens with zero attached hydrogens (tertiary/aromatic N) is 3. The summed E-state index contributed by atoms with van der Waals surface area (Å²) in [6.45, 7) is 4.35. The quantitative estimate of drug-likeness (QED) is 0.567. The molecule has 1 unspecified atom stereocenters. The second kappa shape index (κ2) is 10.4. The molecule has 0 aliphatic carbocycles. The van der Waals surface area contributed by atoms with Gasteiger partial charge in [0, 0.05) is 39.0 Å². The van der Waals surface area contributed by atoms with Gasteiger partial charge in [-0.25, -0.2) is 4.39 Å². The van der Waals surface area contributed by atoms with Crippen LogP contribution in [0, 0.1) is 12.7 Å². The molecule has 6 nitrogen and oxygen atoms in total. The first-order chi connectivity index (χ1) is 13.4. The number of rotatable bonds is 7. The van der Waals surface area contributed by atoms with E-state index in [0.717, 1.165) is 11.3 Å². The number of amides is 1. The summed E-state index contributed by atoms with van der Waals surface area (Å²) in [5.74, 6) is 0.201. The number of aliphatic imine (C=N–C) groups is 1. The van der Waals surface area contributed by atoms with Crippen molar-refractivity contribution in [3.63, 3.8) is 0 Å². The average molecular weight is 385 g/mol. The van der Waals surface area contributed by atoms with Crippen molar-refractivity contribution in [2.45, 2.75) is 26.3 Å². The predicted octanol–water partition coefficient (Wildman–Crippen LogP) is 2.46. The molecule has 1 aromatic heterocycles. The summed E-state index contributed by atoms with van der Waals surface area (Å²) in [6, 6.07) is 10.7. The Balaban J connectivity index is 1.81. The first-order valence-electron chi connectivity index (χ1n) is 9.27. The molecule has 1 atom stereocenters. The molecule has 2 rings (SSSR count). The number of likely N-dealkylation sites (N-methyl/N-ethyl adjacent to an activating group) is 1. The van der Waals surface area contributed by atoms with E-state index in [2.05, 4.69) is 20.6 Å². The molecule has 0 saturated heterocycles. The van der Waals surface area contributed by atoms with Crippen molar-refractivity contribution in [1.29, 1.82) is 0 Å². The van der Waals surface area contributed by atoms with Crippen LogP contribution in [0.1, 0.15) is 29.8 Å². The second-order valence-corrected chi connectivity index (χ2v) is 6.69. The Hall–Kier alpha value is -2.96. The third kappa shape index (κ3) is 6.33. The van der Waals surface area contributed by atoms with Gasteiger partial charge in [-0.1, -0.05) is 18.2 Å². The monoisotopic (exact) mass is 385 g/mol. The highest BCUT2D eigenvalue weighted by Crippen LogP contribution is 2.16. The van der Waals surface area contributed by atoms with Gasteiger partial charge in [0.2, 0.25) is 5.91 Å². The standard InChI is InChI=1S/C21H28FN5O/c1-15-8-9-17(13-19(15)22)16(2)26-21(23-3)25-14-20(28)27(4)12-10-18-7-5-6-11-24-18/h5-9,11,13,16H,10,12,14H2,1-4H3,(H2,23,25,26). The first kappa shape index (κ1) is 21.3. The fourth-order valence-corrected chi connectivity index (χ4v) is 2.61. The number of aryl methyl sites for hydroxylation is 1. The summed E-state index contributed by atoms with van der Waals surface area (Å²) >= 11 is 0. The molecule has 2 N–H and O–H groups in total.